The lowest BCUT2D eigenvalue weighted by Gasteiger charge is -1.99. The molecule has 3 nitrogen and oxygen atoms in total. The Morgan fingerprint density at radius 3 is 2.50 bits per heavy atom. The monoisotopic (exact) mass is 380 g/mol. The summed E-state index contributed by atoms with van der Waals surface area (Å²) in [6, 6.07) is 7.58. The van der Waals surface area contributed by atoms with Crippen LogP contribution >= 0.6 is 22.6 Å². The van der Waals surface area contributed by atoms with Crippen LogP contribution in [0.5, 0.6) is 0 Å². The van der Waals surface area contributed by atoms with Gasteiger partial charge in [0.25, 0.3) is 0 Å². The van der Waals surface area contributed by atoms with E-state index in [0.29, 0.717) is 5.56 Å². The van der Waals surface area contributed by atoms with Gasteiger partial charge >= 0.3 is 0 Å². The van der Waals surface area contributed by atoms with Gasteiger partial charge in [0, 0.05) is 26.9 Å². The van der Waals surface area contributed by atoms with E-state index >= 15 is 0 Å². The van der Waals surface area contributed by atoms with E-state index < -0.39 is 0 Å². The number of rotatable bonds is 4. The third kappa shape index (κ3) is 3.17. The van der Waals surface area contributed by atoms with Crippen LogP contribution in [-0.4, -0.2) is 15.6 Å². The molecule has 0 bridgehead atoms. The fourth-order valence-electron chi connectivity index (χ4n) is 2.13. The van der Waals surface area contributed by atoms with E-state index in [0.717, 1.165) is 27.1 Å². The van der Waals surface area contributed by atoms with E-state index in [4.69, 9.17) is 0 Å². The molecule has 0 aliphatic carbocycles. The lowest BCUT2D eigenvalue weighted by Crippen LogP contribution is -1.98. The number of carbonyl (C=O) groups excluding carboxylic acids is 1. The van der Waals surface area contributed by atoms with Crippen molar-refractivity contribution in [2.45, 2.75) is 27.3 Å². The zero-order valence-corrected chi connectivity index (χ0v) is 14.0. The molecule has 0 amide bonds. The van der Waals surface area contributed by atoms with Gasteiger partial charge in [-0.3, -0.25) is 9.48 Å². The Morgan fingerprint density at radius 2 is 1.95 bits per heavy atom. The van der Waals surface area contributed by atoms with E-state index in [-0.39, 0.29) is 5.78 Å². The van der Waals surface area contributed by atoms with E-state index in [2.05, 4.69) is 34.6 Å². The highest BCUT2D eigenvalue weighted by Crippen LogP contribution is 2.15. The first-order valence-corrected chi connectivity index (χ1v) is 7.62. The van der Waals surface area contributed by atoms with Crippen molar-refractivity contribution in [1.82, 2.24) is 9.78 Å². The molecule has 1 aromatic carbocycles. The Balaban J connectivity index is 2.23. The van der Waals surface area contributed by atoms with Crippen molar-refractivity contribution in [2.24, 2.45) is 0 Å². The van der Waals surface area contributed by atoms with Gasteiger partial charge in [-0.05, 0) is 67.6 Å². The number of aromatic nitrogens is 2. The molecule has 0 fully saturated rings. The minimum absolute atomic E-state index is 0.0180. The quantitative estimate of drug-likeness (QED) is 0.456. The second-order valence-electron chi connectivity index (χ2n) is 4.60. The largest absolute Gasteiger partial charge is 0.289 e. The SMILES string of the molecule is CCn1nc(C)c(/C=C\C(=O)c2ccc(I)cc2)c1C. The Morgan fingerprint density at radius 1 is 1.30 bits per heavy atom. The highest BCUT2D eigenvalue weighted by Gasteiger charge is 2.08. The molecule has 0 radical (unpaired) electrons. The summed E-state index contributed by atoms with van der Waals surface area (Å²) in [6.45, 7) is 6.89. The number of benzene rings is 1. The summed E-state index contributed by atoms with van der Waals surface area (Å²) in [5, 5.41) is 4.44. The summed E-state index contributed by atoms with van der Waals surface area (Å²) in [7, 11) is 0. The number of ketones is 1. The molecule has 20 heavy (non-hydrogen) atoms. The third-order valence-corrected chi connectivity index (χ3v) is 3.99. The van der Waals surface area contributed by atoms with Crippen molar-refractivity contribution in [3.63, 3.8) is 0 Å². The van der Waals surface area contributed by atoms with E-state index in [1.165, 1.54) is 0 Å². The number of hydrogen-bond acceptors (Lipinski definition) is 2. The molecule has 1 aromatic heterocycles. The third-order valence-electron chi connectivity index (χ3n) is 3.27. The molecule has 0 unspecified atom stereocenters. The van der Waals surface area contributed by atoms with Gasteiger partial charge in [-0.15, -0.1) is 0 Å². The summed E-state index contributed by atoms with van der Waals surface area (Å²) in [6.07, 6.45) is 3.49. The summed E-state index contributed by atoms with van der Waals surface area (Å²) >= 11 is 2.23. The molecule has 0 saturated carbocycles. The highest BCUT2D eigenvalue weighted by molar-refractivity contribution is 14.1. The number of carbonyl (C=O) groups is 1. The average molecular weight is 380 g/mol. The summed E-state index contributed by atoms with van der Waals surface area (Å²) in [4.78, 5) is 12.1. The van der Waals surface area contributed by atoms with Gasteiger partial charge in [-0.1, -0.05) is 12.1 Å². The maximum Gasteiger partial charge on any atom is 0.185 e. The molecular formula is C16H17IN2O. The maximum absolute atomic E-state index is 12.1. The predicted molar refractivity (Wildman–Crippen MR) is 89.9 cm³/mol. The first-order valence-electron chi connectivity index (χ1n) is 6.55. The number of nitrogens with zero attached hydrogens (tertiary/aromatic N) is 2. The van der Waals surface area contributed by atoms with Crippen LogP contribution in [0.3, 0.4) is 0 Å². The van der Waals surface area contributed by atoms with Gasteiger partial charge in [0.1, 0.15) is 0 Å². The first-order chi connectivity index (χ1) is 9.52. The van der Waals surface area contributed by atoms with E-state index in [1.807, 2.05) is 48.9 Å². The molecule has 0 aliphatic rings. The predicted octanol–water partition coefficient (Wildman–Crippen LogP) is 4.02. The average Bonchev–Trinajstić information content (AvgIpc) is 2.71. The number of hydrogen-bond donors (Lipinski definition) is 0. The first kappa shape index (κ1) is 15.0. The van der Waals surface area contributed by atoms with Gasteiger partial charge < -0.3 is 0 Å². The van der Waals surface area contributed by atoms with Gasteiger partial charge in [-0.25, -0.2) is 0 Å². The van der Waals surface area contributed by atoms with Crippen LogP contribution in [0.4, 0.5) is 0 Å². The molecule has 4 heteroatoms. The zero-order chi connectivity index (χ0) is 14.7. The molecule has 0 spiro atoms. The molecule has 104 valence electrons. The lowest BCUT2D eigenvalue weighted by molar-refractivity contribution is 0.104. The van der Waals surface area contributed by atoms with Gasteiger partial charge in [-0.2, -0.15) is 5.10 Å². The van der Waals surface area contributed by atoms with Crippen LogP contribution < -0.4 is 0 Å². The summed E-state index contributed by atoms with van der Waals surface area (Å²) in [5.41, 5.74) is 3.79. The van der Waals surface area contributed by atoms with Crippen LogP contribution in [0.1, 0.15) is 34.2 Å². The smallest absolute Gasteiger partial charge is 0.185 e. The van der Waals surface area contributed by atoms with Crippen molar-refractivity contribution in [2.75, 3.05) is 0 Å². The molecule has 2 rings (SSSR count). The molecule has 0 aliphatic heterocycles. The topological polar surface area (TPSA) is 34.9 Å². The Kier molecular flexibility index (Phi) is 4.75. The Bertz CT molecular complexity index is 654. The molecule has 0 N–H and O–H groups in total. The Labute approximate surface area is 132 Å². The second kappa shape index (κ2) is 6.35. The van der Waals surface area contributed by atoms with Crippen LogP contribution in [-0.2, 0) is 6.54 Å². The fourth-order valence-corrected chi connectivity index (χ4v) is 2.49. The van der Waals surface area contributed by atoms with Gasteiger partial charge in [0.2, 0.25) is 0 Å². The Hall–Kier alpha value is -1.43. The van der Waals surface area contributed by atoms with Gasteiger partial charge in [0.05, 0.1) is 5.69 Å². The highest BCUT2D eigenvalue weighted by atomic mass is 127. The molecular weight excluding hydrogens is 363 g/mol. The van der Waals surface area contributed by atoms with Crippen molar-refractivity contribution in [3.8, 4) is 0 Å². The fraction of sp³-hybridized carbons (Fsp3) is 0.250. The van der Waals surface area contributed by atoms with Crippen molar-refractivity contribution in [1.29, 1.82) is 0 Å². The van der Waals surface area contributed by atoms with E-state index in [1.54, 1.807) is 6.08 Å². The van der Waals surface area contributed by atoms with Crippen LogP contribution in [0.25, 0.3) is 6.08 Å². The molecule has 0 saturated heterocycles. The van der Waals surface area contributed by atoms with Crippen molar-refractivity contribution in [3.05, 3.63) is 56.4 Å². The molecule has 2 aromatic rings. The molecule has 1 heterocycles. The number of halogens is 1. The van der Waals surface area contributed by atoms with Gasteiger partial charge in [0.15, 0.2) is 5.78 Å². The summed E-state index contributed by atoms with van der Waals surface area (Å²) in [5.74, 6) is 0.0180. The lowest BCUT2D eigenvalue weighted by atomic mass is 10.1. The van der Waals surface area contributed by atoms with Crippen molar-refractivity contribution >= 4 is 34.5 Å². The van der Waals surface area contributed by atoms with Crippen LogP contribution in [0.2, 0.25) is 0 Å². The normalized spacial score (nSPS) is 11.2. The van der Waals surface area contributed by atoms with Crippen LogP contribution in [0, 0.1) is 17.4 Å². The minimum atomic E-state index is 0.0180. The minimum Gasteiger partial charge on any atom is -0.289 e. The summed E-state index contributed by atoms with van der Waals surface area (Å²) < 4.78 is 3.07. The standard InChI is InChI=1S/C16H17IN2O/c1-4-19-12(3)15(11(2)18-19)9-10-16(20)13-5-7-14(17)8-6-13/h5-10H,4H2,1-3H3/b10-9-. The second-order valence-corrected chi connectivity index (χ2v) is 5.85. The molecule has 0 atom stereocenters. The zero-order valence-electron chi connectivity index (χ0n) is 11.9. The maximum atomic E-state index is 12.1. The number of aryl methyl sites for hydroxylation is 2. The van der Waals surface area contributed by atoms with Crippen molar-refractivity contribution < 1.29 is 4.79 Å². The number of allylic oxidation sites excluding steroid dienone is 1. The van der Waals surface area contributed by atoms with Crippen LogP contribution in [0.15, 0.2) is 30.3 Å². The van der Waals surface area contributed by atoms with E-state index in [9.17, 15) is 4.79 Å².